The first-order chi connectivity index (χ1) is 18.6. The van der Waals surface area contributed by atoms with Crippen molar-refractivity contribution in [2.75, 3.05) is 17.2 Å². The van der Waals surface area contributed by atoms with Crippen molar-refractivity contribution < 1.29 is 22.9 Å². The minimum atomic E-state index is -0.778. The second-order valence-electron chi connectivity index (χ2n) is 10.4. The normalized spacial score (nSPS) is 16.4. The Morgan fingerprint density at radius 2 is 1.85 bits per heavy atom. The summed E-state index contributed by atoms with van der Waals surface area (Å²) in [5.41, 5.74) is 0.0887. The van der Waals surface area contributed by atoms with Gasteiger partial charge in [-0.1, -0.05) is 29.1 Å². The van der Waals surface area contributed by atoms with Crippen molar-refractivity contribution in [3.63, 3.8) is 0 Å². The van der Waals surface area contributed by atoms with Gasteiger partial charge in [-0.25, -0.2) is 8.78 Å². The first-order valence-corrected chi connectivity index (χ1v) is 13.6. The van der Waals surface area contributed by atoms with Gasteiger partial charge in [0.1, 0.15) is 17.2 Å². The minimum Gasteiger partial charge on any atom is -0.346 e. The van der Waals surface area contributed by atoms with Gasteiger partial charge in [0.05, 0.1) is 16.6 Å². The largest absolute Gasteiger partial charge is 0.346 e. The summed E-state index contributed by atoms with van der Waals surface area (Å²) in [6, 6.07) is 8.57. The van der Waals surface area contributed by atoms with Crippen molar-refractivity contribution in [1.82, 2.24) is 14.7 Å². The molecule has 6 rings (SSSR count). The van der Waals surface area contributed by atoms with Gasteiger partial charge < -0.3 is 14.0 Å². The molecule has 11 heteroatoms. The van der Waals surface area contributed by atoms with E-state index in [-0.39, 0.29) is 34.9 Å². The van der Waals surface area contributed by atoms with Gasteiger partial charge in [-0.3, -0.25) is 14.4 Å². The van der Waals surface area contributed by atoms with Crippen LogP contribution in [0.3, 0.4) is 0 Å². The number of thioether (sulfide) groups is 1. The van der Waals surface area contributed by atoms with Crippen molar-refractivity contribution in [1.29, 1.82) is 0 Å². The van der Waals surface area contributed by atoms with E-state index in [1.807, 2.05) is 18.4 Å². The van der Waals surface area contributed by atoms with Crippen LogP contribution in [0.5, 0.6) is 0 Å². The molecule has 0 N–H and O–H groups in total. The highest BCUT2D eigenvalue weighted by molar-refractivity contribution is 8.15. The monoisotopic (exact) mass is 550 g/mol. The summed E-state index contributed by atoms with van der Waals surface area (Å²) in [6.45, 7) is 4.50. The summed E-state index contributed by atoms with van der Waals surface area (Å²) in [4.78, 5) is 43.7. The molecule has 39 heavy (non-hydrogen) atoms. The van der Waals surface area contributed by atoms with Crippen LogP contribution in [0, 0.1) is 17.6 Å². The summed E-state index contributed by atoms with van der Waals surface area (Å²) in [7, 11) is 0. The number of aromatic nitrogens is 3. The molecule has 0 unspecified atom stereocenters. The second kappa shape index (κ2) is 9.41. The molecule has 0 spiro atoms. The Morgan fingerprint density at radius 1 is 1.10 bits per heavy atom. The topological polar surface area (TPSA) is 98.3 Å². The predicted octanol–water partition coefficient (Wildman–Crippen LogP) is 4.67. The smallest absolute Gasteiger partial charge is 0.305 e. The molecular weight excluding hydrogens is 526 g/mol. The number of halogens is 2. The molecule has 2 aliphatic rings. The van der Waals surface area contributed by atoms with Crippen LogP contribution in [-0.2, 0) is 21.5 Å². The van der Waals surface area contributed by atoms with Gasteiger partial charge in [0, 0.05) is 30.4 Å². The second-order valence-corrected chi connectivity index (χ2v) is 11.5. The van der Waals surface area contributed by atoms with Crippen LogP contribution in [0.2, 0.25) is 0 Å². The lowest BCUT2D eigenvalue weighted by Crippen LogP contribution is -2.41. The lowest BCUT2D eigenvalue weighted by atomic mass is 9.84. The van der Waals surface area contributed by atoms with E-state index in [4.69, 9.17) is 4.52 Å². The van der Waals surface area contributed by atoms with E-state index in [1.54, 1.807) is 18.3 Å². The number of nitrogens with zero attached hydrogens (tertiary/aromatic N) is 4. The van der Waals surface area contributed by atoms with Crippen molar-refractivity contribution in [3.8, 4) is 11.5 Å². The minimum absolute atomic E-state index is 0.00468. The third kappa shape index (κ3) is 4.54. The number of carbonyl (C=O) groups excluding carboxylic acids is 2. The van der Waals surface area contributed by atoms with Gasteiger partial charge in [-0.2, -0.15) is 4.98 Å². The fourth-order valence-corrected chi connectivity index (χ4v) is 5.50. The highest BCUT2D eigenvalue weighted by atomic mass is 32.2. The van der Waals surface area contributed by atoms with Crippen LogP contribution < -0.4 is 10.3 Å². The number of carbonyl (C=O) groups is 2. The molecule has 0 bridgehead atoms. The van der Waals surface area contributed by atoms with Gasteiger partial charge >= 0.3 is 5.91 Å². The zero-order valence-corrected chi connectivity index (χ0v) is 22.1. The van der Waals surface area contributed by atoms with Crippen LogP contribution in [0.25, 0.3) is 22.4 Å². The Hall–Kier alpha value is -3.86. The molecule has 3 heterocycles. The first kappa shape index (κ1) is 25.4. The first-order valence-electron chi connectivity index (χ1n) is 12.6. The summed E-state index contributed by atoms with van der Waals surface area (Å²) in [5, 5.41) is 3.59. The van der Waals surface area contributed by atoms with Crippen LogP contribution in [0.1, 0.15) is 38.1 Å². The van der Waals surface area contributed by atoms with Crippen molar-refractivity contribution >= 4 is 39.4 Å². The maximum absolute atomic E-state index is 15.4. The van der Waals surface area contributed by atoms with Crippen molar-refractivity contribution in [2.45, 2.75) is 38.6 Å². The van der Waals surface area contributed by atoms with Gasteiger partial charge in [0.2, 0.25) is 5.43 Å². The number of anilines is 1. The Bertz CT molecular complexity index is 1690. The van der Waals surface area contributed by atoms with Gasteiger partial charge in [-0.05, 0) is 62.4 Å². The highest BCUT2D eigenvalue weighted by Crippen LogP contribution is 2.35. The highest BCUT2D eigenvalue weighted by Gasteiger charge is 2.33. The molecule has 0 atom stereocenters. The molecule has 8 nitrogen and oxygen atoms in total. The quantitative estimate of drug-likeness (QED) is 0.322. The van der Waals surface area contributed by atoms with Gasteiger partial charge in [0.15, 0.2) is 5.82 Å². The lowest BCUT2D eigenvalue weighted by Gasteiger charge is -2.26. The Kier molecular flexibility index (Phi) is 6.13. The van der Waals surface area contributed by atoms with E-state index in [0.29, 0.717) is 29.6 Å². The molecule has 2 fully saturated rings. The SMILES string of the molecule is CC(C)(c1ccc(F)cc1)c1noc(-c2cn(CC3CC3)c3cc(N4CCSC(=O)C4=O)c(F)cc3c2=O)n1. The molecule has 2 aromatic carbocycles. The fourth-order valence-electron chi connectivity index (χ4n) is 4.80. The Labute approximate surface area is 226 Å². The molecule has 1 saturated carbocycles. The number of amides is 1. The predicted molar refractivity (Wildman–Crippen MR) is 143 cm³/mol. The van der Waals surface area contributed by atoms with Crippen molar-refractivity contribution in [3.05, 3.63) is 75.8 Å². The molecule has 2 aromatic heterocycles. The number of rotatable bonds is 6. The lowest BCUT2D eigenvalue weighted by molar-refractivity contribution is -0.131. The standard InChI is InChI=1S/C28H24F2N4O4S/c1-28(2,16-5-7-17(29)8-6-16)27-31-24(38-32-27)19-14-33(13-15-3-4-15)21-12-22(20(30)11-18(21)23(19)35)34-9-10-39-26(37)25(34)36/h5-8,11-12,14-15H,3-4,9-10,13H2,1-2H3. The molecule has 1 aliphatic heterocycles. The molecule has 1 saturated heterocycles. The molecule has 0 radical (unpaired) electrons. The summed E-state index contributed by atoms with van der Waals surface area (Å²) < 4.78 is 36.2. The molecule has 1 aliphatic carbocycles. The van der Waals surface area contributed by atoms with Crippen LogP contribution in [-0.4, -0.2) is 38.0 Å². The molecule has 200 valence electrons. The van der Waals surface area contributed by atoms with E-state index >= 15 is 4.39 Å². The van der Waals surface area contributed by atoms with Crippen LogP contribution in [0.4, 0.5) is 14.5 Å². The average molecular weight is 551 g/mol. The maximum atomic E-state index is 15.4. The number of benzene rings is 2. The molecule has 1 amide bonds. The zero-order chi connectivity index (χ0) is 27.5. The number of hydrogen-bond donors (Lipinski definition) is 0. The Balaban J connectivity index is 1.46. The third-order valence-electron chi connectivity index (χ3n) is 7.34. The summed E-state index contributed by atoms with van der Waals surface area (Å²) in [5.74, 6) is -0.835. The van der Waals surface area contributed by atoms with E-state index in [2.05, 4.69) is 10.1 Å². The van der Waals surface area contributed by atoms with E-state index in [0.717, 1.165) is 41.1 Å². The van der Waals surface area contributed by atoms with E-state index < -0.39 is 27.7 Å². The van der Waals surface area contributed by atoms with Crippen molar-refractivity contribution in [2.24, 2.45) is 5.92 Å². The fraction of sp³-hybridized carbons (Fsp3) is 0.321. The van der Waals surface area contributed by atoms with E-state index in [1.165, 1.54) is 18.2 Å². The average Bonchev–Trinajstić information content (AvgIpc) is 3.58. The molecular formula is C28H24F2N4O4S. The van der Waals surface area contributed by atoms with Gasteiger partial charge in [-0.15, -0.1) is 0 Å². The number of hydrogen-bond acceptors (Lipinski definition) is 7. The maximum Gasteiger partial charge on any atom is 0.305 e. The Morgan fingerprint density at radius 3 is 2.56 bits per heavy atom. The summed E-state index contributed by atoms with van der Waals surface area (Å²) in [6.07, 6.45) is 3.69. The summed E-state index contributed by atoms with van der Waals surface area (Å²) >= 11 is 0.911. The number of pyridine rings is 1. The van der Waals surface area contributed by atoms with E-state index in [9.17, 15) is 18.8 Å². The van der Waals surface area contributed by atoms with Crippen LogP contribution in [0.15, 0.2) is 51.9 Å². The zero-order valence-electron chi connectivity index (χ0n) is 21.2. The van der Waals surface area contributed by atoms with Crippen LogP contribution >= 0.6 is 11.8 Å². The molecule has 4 aromatic rings. The number of fused-ring (bicyclic) bond motifs is 1. The van der Waals surface area contributed by atoms with Gasteiger partial charge in [0.25, 0.3) is 11.0 Å². The third-order valence-corrected chi connectivity index (χ3v) is 8.16.